The summed E-state index contributed by atoms with van der Waals surface area (Å²) in [6.45, 7) is 2.41. The minimum atomic E-state index is -3.88. The van der Waals surface area contributed by atoms with Gasteiger partial charge in [0.2, 0.25) is 21.8 Å². The summed E-state index contributed by atoms with van der Waals surface area (Å²) in [5.41, 5.74) is 3.42. The fourth-order valence-electron chi connectivity index (χ4n) is 4.27. The second-order valence-corrected chi connectivity index (χ2v) is 10.4. The maximum Gasteiger partial charge on any atom is 0.243 e. The summed E-state index contributed by atoms with van der Waals surface area (Å²) in [4.78, 5) is 24.7. The van der Waals surface area contributed by atoms with Crippen LogP contribution in [0.25, 0.3) is 0 Å². The average molecular weight is 492 g/mol. The topological polar surface area (TPSA) is 95.6 Å². The van der Waals surface area contributed by atoms with Crippen LogP contribution in [-0.2, 0) is 32.6 Å². The molecule has 8 heteroatoms. The molecule has 3 aromatic rings. The summed E-state index contributed by atoms with van der Waals surface area (Å²) < 4.78 is 28.8. The molecule has 0 aliphatic carbocycles. The Balaban J connectivity index is 1.57. The number of fused-ring (bicyclic) bond motifs is 1. The predicted molar refractivity (Wildman–Crippen MR) is 135 cm³/mol. The molecule has 1 unspecified atom stereocenters. The van der Waals surface area contributed by atoms with Crippen molar-refractivity contribution in [2.24, 2.45) is 0 Å². The molecule has 1 aliphatic rings. The van der Waals surface area contributed by atoms with E-state index in [0.29, 0.717) is 25.1 Å². The van der Waals surface area contributed by atoms with Crippen LogP contribution in [0.3, 0.4) is 0 Å². The maximum atomic E-state index is 13.7. The first kappa shape index (κ1) is 24.6. The molecular weight excluding hydrogens is 462 g/mol. The van der Waals surface area contributed by atoms with Gasteiger partial charge in [0.15, 0.2) is 0 Å². The normalized spacial score (nSPS) is 15.7. The Morgan fingerprint density at radius 2 is 1.60 bits per heavy atom. The van der Waals surface area contributed by atoms with Crippen molar-refractivity contribution in [3.63, 3.8) is 0 Å². The Bertz CT molecular complexity index is 1290. The van der Waals surface area contributed by atoms with Crippen molar-refractivity contribution in [3.05, 3.63) is 95.6 Å². The Kier molecular flexibility index (Phi) is 7.63. The molecule has 182 valence electrons. The van der Waals surface area contributed by atoms with Crippen molar-refractivity contribution >= 4 is 27.5 Å². The van der Waals surface area contributed by atoms with Crippen molar-refractivity contribution in [3.8, 4) is 0 Å². The lowest BCUT2D eigenvalue weighted by Gasteiger charge is -2.36. The van der Waals surface area contributed by atoms with Crippen LogP contribution in [0.1, 0.15) is 42.5 Å². The highest BCUT2D eigenvalue weighted by Gasteiger charge is 2.37. The zero-order chi connectivity index (χ0) is 24.8. The van der Waals surface area contributed by atoms with E-state index in [2.05, 4.69) is 10.6 Å². The molecule has 0 saturated heterocycles. The Morgan fingerprint density at radius 1 is 0.914 bits per heavy atom. The van der Waals surface area contributed by atoms with E-state index in [1.54, 1.807) is 19.1 Å². The molecule has 0 bridgehead atoms. The molecule has 0 saturated carbocycles. The zero-order valence-corrected chi connectivity index (χ0v) is 20.4. The summed E-state index contributed by atoms with van der Waals surface area (Å²) in [6.07, 6.45) is 0.928. The monoisotopic (exact) mass is 491 g/mol. The predicted octanol–water partition coefficient (Wildman–Crippen LogP) is 4.03. The molecule has 1 heterocycles. The van der Waals surface area contributed by atoms with Gasteiger partial charge in [-0.1, -0.05) is 61.5 Å². The van der Waals surface area contributed by atoms with Crippen LogP contribution in [0.2, 0.25) is 0 Å². The zero-order valence-electron chi connectivity index (χ0n) is 19.6. The minimum absolute atomic E-state index is 0.0215. The number of carbonyl (C=O) groups is 2. The molecule has 0 fully saturated rings. The van der Waals surface area contributed by atoms with Gasteiger partial charge in [-0.2, -0.15) is 4.31 Å². The second-order valence-electron chi connectivity index (χ2n) is 8.47. The highest BCUT2D eigenvalue weighted by atomic mass is 32.2. The van der Waals surface area contributed by atoms with Gasteiger partial charge < -0.3 is 10.6 Å². The van der Waals surface area contributed by atoms with Gasteiger partial charge in [-0.3, -0.25) is 9.59 Å². The van der Waals surface area contributed by atoms with Gasteiger partial charge in [0.1, 0.15) is 0 Å². The number of sulfonamides is 1. The van der Waals surface area contributed by atoms with Crippen molar-refractivity contribution in [2.75, 3.05) is 11.9 Å². The van der Waals surface area contributed by atoms with Gasteiger partial charge in [0.25, 0.3) is 0 Å². The number of anilines is 1. The van der Waals surface area contributed by atoms with Gasteiger partial charge in [0, 0.05) is 31.6 Å². The van der Waals surface area contributed by atoms with Crippen LogP contribution in [0.4, 0.5) is 5.69 Å². The molecule has 2 N–H and O–H groups in total. The van der Waals surface area contributed by atoms with E-state index in [0.717, 1.165) is 16.7 Å². The Hall–Kier alpha value is -3.49. The molecule has 0 radical (unpaired) electrons. The molecular formula is C27H29N3O4S. The third-order valence-electron chi connectivity index (χ3n) is 6.14. The van der Waals surface area contributed by atoms with Crippen molar-refractivity contribution < 1.29 is 18.0 Å². The second kappa shape index (κ2) is 10.8. The average Bonchev–Trinajstić information content (AvgIpc) is 2.88. The van der Waals surface area contributed by atoms with Gasteiger partial charge in [-0.25, -0.2) is 8.42 Å². The summed E-state index contributed by atoms with van der Waals surface area (Å²) in [5.74, 6) is -0.358. The highest BCUT2D eigenvalue weighted by Crippen LogP contribution is 2.36. The number of carbonyl (C=O) groups excluding carboxylic acids is 2. The third kappa shape index (κ3) is 5.78. The molecule has 35 heavy (non-hydrogen) atoms. The van der Waals surface area contributed by atoms with E-state index in [9.17, 15) is 18.0 Å². The van der Waals surface area contributed by atoms with Crippen LogP contribution in [-0.4, -0.2) is 31.1 Å². The van der Waals surface area contributed by atoms with Crippen molar-refractivity contribution in [1.82, 2.24) is 9.62 Å². The summed E-state index contributed by atoms with van der Waals surface area (Å²) in [7, 11) is -3.88. The molecule has 7 nitrogen and oxygen atoms in total. The smallest absolute Gasteiger partial charge is 0.243 e. The number of hydrogen-bond donors (Lipinski definition) is 2. The largest absolute Gasteiger partial charge is 0.352 e. The molecule has 2 amide bonds. The molecule has 1 atom stereocenters. The van der Waals surface area contributed by atoms with Gasteiger partial charge in [-0.05, 0) is 47.4 Å². The Morgan fingerprint density at radius 3 is 2.31 bits per heavy atom. The summed E-state index contributed by atoms with van der Waals surface area (Å²) >= 11 is 0. The Labute approximate surface area is 206 Å². The first-order valence-corrected chi connectivity index (χ1v) is 13.1. The summed E-state index contributed by atoms with van der Waals surface area (Å²) in [5, 5.41) is 5.64. The minimum Gasteiger partial charge on any atom is -0.352 e. The maximum absolute atomic E-state index is 13.7. The lowest BCUT2D eigenvalue weighted by Crippen LogP contribution is -2.42. The standard InChI is InChI=1S/C27H29N3O4S/c1-2-26(31)29-22-12-14-23(15-13-22)35(33,34)30-17-16-21-10-6-7-11-24(21)25(30)18-27(32)28-19-20-8-4-3-5-9-20/h3-15,25H,2,16-19H2,1H3,(H,28,32)(H,29,31). The van der Waals surface area contributed by atoms with Crippen LogP contribution in [0.5, 0.6) is 0 Å². The highest BCUT2D eigenvalue weighted by molar-refractivity contribution is 7.89. The van der Waals surface area contributed by atoms with Crippen LogP contribution < -0.4 is 10.6 Å². The molecule has 0 aromatic heterocycles. The molecule has 1 aliphatic heterocycles. The van der Waals surface area contributed by atoms with Crippen molar-refractivity contribution in [1.29, 1.82) is 0 Å². The lowest BCUT2D eigenvalue weighted by molar-refractivity contribution is -0.122. The van der Waals surface area contributed by atoms with Crippen LogP contribution >= 0.6 is 0 Å². The van der Waals surface area contributed by atoms with E-state index in [1.165, 1.54) is 16.4 Å². The van der Waals surface area contributed by atoms with Crippen molar-refractivity contribution in [2.45, 2.75) is 43.7 Å². The number of amides is 2. The van der Waals surface area contributed by atoms with Gasteiger partial charge in [0.05, 0.1) is 10.9 Å². The number of benzene rings is 3. The number of nitrogens with one attached hydrogen (secondary N) is 2. The van der Waals surface area contributed by atoms with E-state index >= 15 is 0 Å². The quantitative estimate of drug-likeness (QED) is 0.497. The van der Waals surface area contributed by atoms with E-state index in [1.807, 2.05) is 54.6 Å². The molecule has 0 spiro atoms. The van der Waals surface area contributed by atoms with Crippen LogP contribution in [0, 0.1) is 0 Å². The molecule has 3 aromatic carbocycles. The fourth-order valence-corrected chi connectivity index (χ4v) is 5.87. The van der Waals surface area contributed by atoms with E-state index in [-0.39, 0.29) is 29.7 Å². The number of hydrogen-bond acceptors (Lipinski definition) is 4. The van der Waals surface area contributed by atoms with E-state index < -0.39 is 16.1 Å². The lowest BCUT2D eigenvalue weighted by atomic mass is 9.92. The number of rotatable bonds is 8. The third-order valence-corrected chi connectivity index (χ3v) is 8.06. The van der Waals surface area contributed by atoms with Gasteiger partial charge in [-0.15, -0.1) is 0 Å². The first-order valence-electron chi connectivity index (χ1n) is 11.7. The number of nitrogens with zero attached hydrogens (tertiary/aromatic N) is 1. The fraction of sp³-hybridized carbons (Fsp3) is 0.259. The van der Waals surface area contributed by atoms with Gasteiger partial charge >= 0.3 is 0 Å². The van der Waals surface area contributed by atoms with E-state index in [4.69, 9.17) is 0 Å². The molecule has 4 rings (SSSR count). The SMILES string of the molecule is CCC(=O)Nc1ccc(S(=O)(=O)N2CCc3ccccc3C2CC(=O)NCc2ccccc2)cc1. The first-order chi connectivity index (χ1) is 16.9. The van der Waals surface area contributed by atoms with Crippen LogP contribution in [0.15, 0.2) is 83.8 Å². The summed E-state index contributed by atoms with van der Waals surface area (Å²) in [6, 6.07) is 22.8.